The largest absolute Gasteiger partial charge is 0.494 e. The van der Waals surface area contributed by atoms with Crippen LogP contribution in [0.15, 0.2) is 76.4 Å². The smallest absolute Gasteiger partial charge is 0.298 e. The van der Waals surface area contributed by atoms with Crippen molar-refractivity contribution in [2.45, 2.75) is 6.92 Å². The number of ether oxygens (including phenoxy) is 1. The van der Waals surface area contributed by atoms with Gasteiger partial charge < -0.3 is 9.14 Å². The molecule has 130 valence electrons. The molecule has 0 atom stereocenters. The molecule has 5 nitrogen and oxygen atoms in total. The number of hydrogen-bond donors (Lipinski definition) is 0. The van der Waals surface area contributed by atoms with Crippen LogP contribution in [0.1, 0.15) is 6.92 Å². The van der Waals surface area contributed by atoms with E-state index >= 15 is 0 Å². The van der Waals surface area contributed by atoms with Gasteiger partial charge in [0.2, 0.25) is 5.65 Å². The minimum Gasteiger partial charge on any atom is -0.494 e. The number of imidazole rings is 1. The van der Waals surface area contributed by atoms with Crippen molar-refractivity contribution in [2.24, 2.45) is 0 Å². The summed E-state index contributed by atoms with van der Waals surface area (Å²) in [6, 6.07) is 15.3. The third-order valence-corrected chi connectivity index (χ3v) is 4.61. The molecule has 0 amide bonds. The van der Waals surface area contributed by atoms with Crippen LogP contribution in [0.2, 0.25) is 0 Å². The summed E-state index contributed by atoms with van der Waals surface area (Å²) in [4.78, 5) is 17.4. The zero-order chi connectivity index (χ0) is 18.1. The van der Waals surface area contributed by atoms with Gasteiger partial charge in [-0.05, 0) is 55.5 Å². The topological polar surface area (TPSA) is 48.5 Å². The quantitative estimate of drug-likeness (QED) is 0.504. The van der Waals surface area contributed by atoms with E-state index in [0.29, 0.717) is 12.3 Å². The first-order valence-electron chi connectivity index (χ1n) is 8.25. The van der Waals surface area contributed by atoms with Crippen LogP contribution in [-0.4, -0.2) is 20.6 Å². The first-order chi connectivity index (χ1) is 12.7. The Kier molecular flexibility index (Phi) is 4.34. The second-order valence-corrected chi connectivity index (χ2v) is 6.68. The standard InChI is InChI=1S/C20H16BrN3O2/c1-2-26-17-9-3-14(4-10-17)18-13-23-11-12-24(20(25)19(23)22-18)16-7-5-15(21)6-8-16/h3-13H,2H2,1H3. The summed E-state index contributed by atoms with van der Waals surface area (Å²) in [5.41, 5.74) is 2.71. The maximum Gasteiger partial charge on any atom is 0.298 e. The molecule has 0 N–H and O–H groups in total. The lowest BCUT2D eigenvalue weighted by atomic mass is 10.2. The molecule has 0 saturated carbocycles. The molecule has 0 radical (unpaired) electrons. The van der Waals surface area contributed by atoms with Crippen LogP contribution in [0.4, 0.5) is 0 Å². The first kappa shape index (κ1) is 16.6. The summed E-state index contributed by atoms with van der Waals surface area (Å²) in [5.74, 6) is 0.817. The van der Waals surface area contributed by atoms with Gasteiger partial charge in [-0.2, -0.15) is 0 Å². The predicted octanol–water partition coefficient (Wildman–Crippen LogP) is 4.31. The van der Waals surface area contributed by atoms with E-state index in [0.717, 1.165) is 27.2 Å². The van der Waals surface area contributed by atoms with Crippen LogP contribution in [-0.2, 0) is 0 Å². The van der Waals surface area contributed by atoms with Crippen molar-refractivity contribution < 1.29 is 4.74 Å². The molecule has 6 heteroatoms. The van der Waals surface area contributed by atoms with Crippen molar-refractivity contribution in [3.8, 4) is 22.7 Å². The molecule has 0 aliphatic heterocycles. The number of rotatable bonds is 4. The van der Waals surface area contributed by atoms with Crippen LogP contribution in [0, 0.1) is 0 Å². The molecule has 0 fully saturated rings. The second kappa shape index (κ2) is 6.80. The predicted molar refractivity (Wildman–Crippen MR) is 105 cm³/mol. The summed E-state index contributed by atoms with van der Waals surface area (Å²) in [6.07, 6.45) is 5.45. The fraction of sp³-hybridized carbons (Fsp3) is 0.100. The van der Waals surface area contributed by atoms with Gasteiger partial charge in [0.05, 0.1) is 12.3 Å². The molecule has 2 heterocycles. The summed E-state index contributed by atoms with van der Waals surface area (Å²) >= 11 is 3.41. The van der Waals surface area contributed by atoms with Gasteiger partial charge in [-0.1, -0.05) is 15.9 Å². The van der Waals surface area contributed by atoms with Crippen LogP contribution in [0.25, 0.3) is 22.6 Å². The van der Waals surface area contributed by atoms with Gasteiger partial charge in [0.1, 0.15) is 5.75 Å². The Hall–Kier alpha value is -2.86. The molecule has 0 saturated heterocycles. The number of nitrogens with zero attached hydrogens (tertiary/aromatic N) is 3. The number of aromatic nitrogens is 3. The van der Waals surface area contributed by atoms with Crippen molar-refractivity contribution in [1.82, 2.24) is 14.0 Å². The number of halogens is 1. The van der Waals surface area contributed by atoms with Gasteiger partial charge in [-0.25, -0.2) is 4.98 Å². The van der Waals surface area contributed by atoms with E-state index in [4.69, 9.17) is 4.74 Å². The maximum absolute atomic E-state index is 12.8. The lowest BCUT2D eigenvalue weighted by molar-refractivity contribution is 0.340. The van der Waals surface area contributed by atoms with Gasteiger partial charge in [0.15, 0.2) is 0 Å². The Morgan fingerprint density at radius 2 is 1.77 bits per heavy atom. The molecule has 0 aliphatic carbocycles. The molecule has 0 aliphatic rings. The lowest BCUT2D eigenvalue weighted by Gasteiger charge is -2.05. The zero-order valence-corrected chi connectivity index (χ0v) is 15.7. The van der Waals surface area contributed by atoms with Gasteiger partial charge in [0.25, 0.3) is 5.56 Å². The minimum atomic E-state index is -0.160. The lowest BCUT2D eigenvalue weighted by Crippen LogP contribution is -2.19. The van der Waals surface area contributed by atoms with Gasteiger partial charge in [-0.3, -0.25) is 9.36 Å². The Labute approximate surface area is 158 Å². The van der Waals surface area contributed by atoms with Crippen molar-refractivity contribution >= 4 is 21.6 Å². The third-order valence-electron chi connectivity index (χ3n) is 4.08. The van der Waals surface area contributed by atoms with Crippen molar-refractivity contribution in [3.63, 3.8) is 0 Å². The zero-order valence-electron chi connectivity index (χ0n) is 14.1. The summed E-state index contributed by atoms with van der Waals surface area (Å²) in [7, 11) is 0. The second-order valence-electron chi connectivity index (χ2n) is 5.76. The van der Waals surface area contributed by atoms with E-state index in [1.807, 2.05) is 67.8 Å². The Morgan fingerprint density at radius 3 is 2.46 bits per heavy atom. The molecule has 4 rings (SSSR count). The van der Waals surface area contributed by atoms with Gasteiger partial charge in [0, 0.05) is 34.3 Å². The molecule has 26 heavy (non-hydrogen) atoms. The van der Waals surface area contributed by atoms with Crippen LogP contribution >= 0.6 is 15.9 Å². The molecule has 2 aromatic heterocycles. The average molecular weight is 410 g/mol. The fourth-order valence-corrected chi connectivity index (χ4v) is 3.08. The minimum absolute atomic E-state index is 0.160. The molecule has 2 aromatic carbocycles. The first-order valence-corrected chi connectivity index (χ1v) is 9.04. The highest BCUT2D eigenvalue weighted by atomic mass is 79.9. The Morgan fingerprint density at radius 1 is 1.04 bits per heavy atom. The highest BCUT2D eigenvalue weighted by Crippen LogP contribution is 2.22. The highest BCUT2D eigenvalue weighted by Gasteiger charge is 2.10. The monoisotopic (exact) mass is 409 g/mol. The van der Waals surface area contributed by atoms with E-state index in [2.05, 4.69) is 20.9 Å². The third kappa shape index (κ3) is 3.04. The van der Waals surface area contributed by atoms with Gasteiger partial charge >= 0.3 is 0 Å². The molecule has 4 aromatic rings. The SMILES string of the molecule is CCOc1ccc(-c2cn3ccn(-c4ccc(Br)cc4)c(=O)c3n2)cc1. The highest BCUT2D eigenvalue weighted by molar-refractivity contribution is 9.10. The van der Waals surface area contributed by atoms with Crippen LogP contribution in [0.5, 0.6) is 5.75 Å². The summed E-state index contributed by atoms with van der Waals surface area (Å²) < 4.78 is 9.78. The molecule has 0 spiro atoms. The number of fused-ring (bicyclic) bond motifs is 1. The van der Waals surface area contributed by atoms with E-state index in [-0.39, 0.29) is 5.56 Å². The van der Waals surface area contributed by atoms with E-state index in [1.54, 1.807) is 15.2 Å². The van der Waals surface area contributed by atoms with Crippen molar-refractivity contribution in [3.05, 3.63) is 81.9 Å². The normalized spacial score (nSPS) is 11.0. The number of benzene rings is 2. The molecule has 0 bridgehead atoms. The van der Waals surface area contributed by atoms with Crippen LogP contribution < -0.4 is 10.3 Å². The van der Waals surface area contributed by atoms with E-state index in [9.17, 15) is 4.79 Å². The summed E-state index contributed by atoms with van der Waals surface area (Å²) in [5, 5.41) is 0. The summed E-state index contributed by atoms with van der Waals surface area (Å²) in [6.45, 7) is 2.58. The van der Waals surface area contributed by atoms with E-state index in [1.165, 1.54) is 0 Å². The number of hydrogen-bond acceptors (Lipinski definition) is 3. The molecular weight excluding hydrogens is 394 g/mol. The van der Waals surface area contributed by atoms with Crippen molar-refractivity contribution in [2.75, 3.05) is 6.61 Å². The molecule has 0 unspecified atom stereocenters. The van der Waals surface area contributed by atoms with Crippen molar-refractivity contribution in [1.29, 1.82) is 0 Å². The average Bonchev–Trinajstić information content (AvgIpc) is 3.09. The van der Waals surface area contributed by atoms with Gasteiger partial charge in [-0.15, -0.1) is 0 Å². The Bertz CT molecular complexity index is 1110. The van der Waals surface area contributed by atoms with E-state index < -0.39 is 0 Å². The Balaban J connectivity index is 1.77. The molecular formula is C20H16BrN3O2. The van der Waals surface area contributed by atoms with Crippen LogP contribution in [0.3, 0.4) is 0 Å². The maximum atomic E-state index is 12.8. The fourth-order valence-electron chi connectivity index (χ4n) is 2.81.